The average Bonchev–Trinajstić information content (AvgIpc) is 3.00. The highest BCUT2D eigenvalue weighted by atomic mass is 79.9. The first-order chi connectivity index (χ1) is 14.5. The van der Waals surface area contributed by atoms with Crippen LogP contribution in [0.1, 0.15) is 26.4 Å². The fraction of sp³-hybridized carbons (Fsp3) is 0.0455. The van der Waals surface area contributed by atoms with Crippen LogP contribution >= 0.6 is 15.9 Å². The van der Waals surface area contributed by atoms with Crippen molar-refractivity contribution in [2.75, 3.05) is 0 Å². The van der Waals surface area contributed by atoms with E-state index in [9.17, 15) is 14.4 Å². The number of halogens is 1. The fourth-order valence-corrected chi connectivity index (χ4v) is 3.99. The van der Waals surface area contributed by atoms with Gasteiger partial charge in [-0.05, 0) is 51.8 Å². The predicted molar refractivity (Wildman–Crippen MR) is 114 cm³/mol. The van der Waals surface area contributed by atoms with Gasteiger partial charge in [-0.2, -0.15) is 5.10 Å². The number of hydrogen-bond donors (Lipinski definition) is 1. The van der Waals surface area contributed by atoms with E-state index in [0.717, 1.165) is 20.5 Å². The monoisotopic (exact) mass is 460 g/mol. The van der Waals surface area contributed by atoms with Gasteiger partial charge in [0, 0.05) is 27.8 Å². The molecule has 2 aromatic heterocycles. The normalized spacial score (nSPS) is 13.2. The summed E-state index contributed by atoms with van der Waals surface area (Å²) in [6, 6.07) is 14.0. The molecule has 146 valence electrons. The van der Waals surface area contributed by atoms with Gasteiger partial charge in [0.05, 0.1) is 28.8 Å². The Kier molecular flexibility index (Phi) is 4.29. The van der Waals surface area contributed by atoms with Crippen molar-refractivity contribution in [1.82, 2.24) is 20.1 Å². The Balaban J connectivity index is 1.61. The molecule has 0 saturated carbocycles. The number of nitrogens with zero attached hydrogens (tertiary/aromatic N) is 3. The Labute approximate surface area is 178 Å². The number of imide groups is 1. The van der Waals surface area contributed by atoms with Crippen LogP contribution in [0.3, 0.4) is 0 Å². The van der Waals surface area contributed by atoms with E-state index < -0.39 is 0 Å². The Morgan fingerprint density at radius 2 is 1.60 bits per heavy atom. The third kappa shape index (κ3) is 2.93. The Hall–Kier alpha value is -3.65. The Morgan fingerprint density at radius 1 is 0.867 bits per heavy atom. The number of benzene rings is 2. The number of aromatic amines is 1. The molecule has 7 nitrogen and oxygen atoms in total. The molecule has 0 aliphatic carbocycles. The first-order valence-electron chi connectivity index (χ1n) is 9.10. The van der Waals surface area contributed by atoms with Crippen LogP contribution in [0.15, 0.2) is 70.2 Å². The molecule has 0 bridgehead atoms. The Bertz CT molecular complexity index is 1380. The minimum absolute atomic E-state index is 0.0419. The van der Waals surface area contributed by atoms with E-state index in [2.05, 4.69) is 31.1 Å². The second-order valence-corrected chi connectivity index (χ2v) is 7.81. The van der Waals surface area contributed by atoms with E-state index >= 15 is 0 Å². The number of fused-ring (bicyclic) bond motifs is 2. The van der Waals surface area contributed by atoms with Crippen molar-refractivity contribution in [1.29, 1.82) is 0 Å². The molecule has 0 radical (unpaired) electrons. The van der Waals surface area contributed by atoms with E-state index in [4.69, 9.17) is 0 Å². The lowest BCUT2D eigenvalue weighted by atomic mass is 10.0. The molecule has 0 spiro atoms. The lowest BCUT2D eigenvalue weighted by Crippen LogP contribution is -2.30. The molecule has 1 N–H and O–H groups in total. The van der Waals surface area contributed by atoms with Crippen LogP contribution in [0, 0.1) is 0 Å². The van der Waals surface area contributed by atoms with Crippen molar-refractivity contribution < 1.29 is 9.59 Å². The zero-order chi connectivity index (χ0) is 20.8. The van der Waals surface area contributed by atoms with E-state index in [1.807, 2.05) is 18.2 Å². The van der Waals surface area contributed by atoms with Crippen molar-refractivity contribution in [3.05, 3.63) is 92.6 Å². The fourth-order valence-electron chi connectivity index (χ4n) is 3.62. The molecule has 30 heavy (non-hydrogen) atoms. The maximum Gasteiger partial charge on any atom is 0.272 e. The first kappa shape index (κ1) is 18.4. The van der Waals surface area contributed by atoms with Crippen molar-refractivity contribution >= 4 is 38.5 Å². The summed E-state index contributed by atoms with van der Waals surface area (Å²) < 4.78 is 0.829. The van der Waals surface area contributed by atoms with Crippen molar-refractivity contribution in [3.8, 4) is 11.1 Å². The summed E-state index contributed by atoms with van der Waals surface area (Å²) in [5.41, 5.74) is 2.54. The van der Waals surface area contributed by atoms with Gasteiger partial charge in [0.25, 0.3) is 17.4 Å². The number of carbonyl (C=O) groups is 2. The molecular formula is C22H13BrN4O3. The van der Waals surface area contributed by atoms with E-state index in [1.165, 1.54) is 0 Å². The van der Waals surface area contributed by atoms with Gasteiger partial charge >= 0.3 is 0 Å². The van der Waals surface area contributed by atoms with Gasteiger partial charge in [-0.15, -0.1) is 0 Å². The summed E-state index contributed by atoms with van der Waals surface area (Å²) in [5, 5.41) is 7.62. The van der Waals surface area contributed by atoms with Crippen LogP contribution < -0.4 is 5.56 Å². The largest absolute Gasteiger partial charge is 0.272 e. The number of carbonyl (C=O) groups excluding carboxylic acids is 2. The molecule has 0 saturated heterocycles. The van der Waals surface area contributed by atoms with E-state index in [-0.39, 0.29) is 23.9 Å². The molecule has 3 heterocycles. The molecule has 0 fully saturated rings. The van der Waals surface area contributed by atoms with Gasteiger partial charge in [0.15, 0.2) is 0 Å². The standard InChI is InChI=1S/C22H13BrN4O3/c23-14-7-13(9-24-10-14)12-5-6-15-18(8-12)19(25-26-20(15)28)11-27-21(29)16-3-1-2-4-17(16)22(27)30/h1-10H,11H2,(H,26,28). The molecule has 1 aliphatic rings. The number of H-pyrrole nitrogens is 1. The molecule has 5 rings (SSSR count). The van der Waals surface area contributed by atoms with E-state index in [0.29, 0.717) is 27.6 Å². The topological polar surface area (TPSA) is 96.0 Å². The third-order valence-electron chi connectivity index (χ3n) is 5.09. The second-order valence-electron chi connectivity index (χ2n) is 6.89. The molecule has 2 amide bonds. The number of hydrogen-bond acceptors (Lipinski definition) is 5. The van der Waals surface area contributed by atoms with Crippen LogP contribution in [-0.4, -0.2) is 31.9 Å². The summed E-state index contributed by atoms with van der Waals surface area (Å²) in [7, 11) is 0. The van der Waals surface area contributed by atoms with Gasteiger partial charge in [-0.25, -0.2) is 5.10 Å². The molecule has 8 heteroatoms. The van der Waals surface area contributed by atoms with Crippen LogP contribution in [0.4, 0.5) is 0 Å². The third-order valence-corrected chi connectivity index (χ3v) is 5.53. The van der Waals surface area contributed by atoms with Crippen LogP contribution in [-0.2, 0) is 6.54 Å². The van der Waals surface area contributed by atoms with Gasteiger partial charge in [-0.3, -0.25) is 24.3 Å². The number of pyridine rings is 1. The highest BCUT2D eigenvalue weighted by Gasteiger charge is 2.35. The van der Waals surface area contributed by atoms with Gasteiger partial charge in [-0.1, -0.05) is 18.2 Å². The first-order valence-corrected chi connectivity index (χ1v) is 9.90. The maximum absolute atomic E-state index is 12.7. The van der Waals surface area contributed by atoms with Crippen molar-refractivity contribution in [3.63, 3.8) is 0 Å². The molecule has 0 unspecified atom stereocenters. The molecule has 0 atom stereocenters. The number of aromatic nitrogens is 3. The predicted octanol–water partition coefficient (Wildman–Crippen LogP) is 3.54. The van der Waals surface area contributed by atoms with Gasteiger partial charge in [0.1, 0.15) is 0 Å². The molecular weight excluding hydrogens is 448 g/mol. The lowest BCUT2D eigenvalue weighted by Gasteiger charge is -2.15. The van der Waals surface area contributed by atoms with Crippen LogP contribution in [0.5, 0.6) is 0 Å². The average molecular weight is 461 g/mol. The van der Waals surface area contributed by atoms with E-state index in [1.54, 1.807) is 42.7 Å². The smallest absolute Gasteiger partial charge is 0.269 e. The summed E-state index contributed by atoms with van der Waals surface area (Å²) in [6.07, 6.45) is 3.40. The zero-order valence-corrected chi connectivity index (χ0v) is 17.0. The maximum atomic E-state index is 12.7. The van der Waals surface area contributed by atoms with Crippen molar-refractivity contribution in [2.24, 2.45) is 0 Å². The summed E-state index contributed by atoms with van der Waals surface area (Å²) in [4.78, 5) is 43.1. The van der Waals surface area contributed by atoms with Gasteiger partial charge < -0.3 is 0 Å². The summed E-state index contributed by atoms with van der Waals surface area (Å²) >= 11 is 3.41. The molecule has 4 aromatic rings. The SMILES string of the molecule is O=C1c2ccccc2C(=O)N1Cc1n[nH]c(=O)c2ccc(-c3cncc(Br)c3)cc12. The lowest BCUT2D eigenvalue weighted by molar-refractivity contribution is 0.0641. The number of nitrogens with one attached hydrogen (secondary N) is 1. The minimum atomic E-state index is -0.371. The molecule has 2 aromatic carbocycles. The Morgan fingerprint density at radius 3 is 2.30 bits per heavy atom. The van der Waals surface area contributed by atoms with Gasteiger partial charge in [0.2, 0.25) is 0 Å². The number of rotatable bonds is 3. The number of amides is 2. The summed E-state index contributed by atoms with van der Waals surface area (Å²) in [6.45, 7) is -0.0419. The minimum Gasteiger partial charge on any atom is -0.269 e. The zero-order valence-electron chi connectivity index (χ0n) is 15.4. The summed E-state index contributed by atoms with van der Waals surface area (Å²) in [5.74, 6) is -0.742. The molecule has 1 aliphatic heterocycles. The van der Waals surface area contributed by atoms with Crippen LogP contribution in [0.25, 0.3) is 21.9 Å². The van der Waals surface area contributed by atoms with Crippen molar-refractivity contribution in [2.45, 2.75) is 6.54 Å². The highest BCUT2D eigenvalue weighted by Crippen LogP contribution is 2.28. The quantitative estimate of drug-likeness (QED) is 0.471. The highest BCUT2D eigenvalue weighted by molar-refractivity contribution is 9.10. The second kappa shape index (κ2) is 7.00. The van der Waals surface area contributed by atoms with Crippen LogP contribution in [0.2, 0.25) is 0 Å².